The van der Waals surface area contributed by atoms with Gasteiger partial charge in [-0.3, -0.25) is 4.79 Å². The second-order valence-corrected chi connectivity index (χ2v) is 4.35. The van der Waals surface area contributed by atoms with Crippen molar-refractivity contribution in [2.45, 2.75) is 13.3 Å². The van der Waals surface area contributed by atoms with Crippen molar-refractivity contribution in [3.8, 4) is 5.75 Å². The fourth-order valence-electron chi connectivity index (χ4n) is 1.71. The van der Waals surface area contributed by atoms with Gasteiger partial charge >= 0.3 is 0 Å². The van der Waals surface area contributed by atoms with Crippen LogP contribution in [-0.2, 0) is 16.0 Å². The Bertz CT molecular complexity index is 379. The van der Waals surface area contributed by atoms with Crippen LogP contribution in [0.1, 0.15) is 12.5 Å². The number of amides is 1. The fraction of sp³-hybridized carbons (Fsp3) is 0.533. The minimum atomic E-state index is 0.0303. The fourth-order valence-corrected chi connectivity index (χ4v) is 1.71. The molecule has 0 radical (unpaired) electrons. The molecular weight excluding hydrogens is 256 g/mol. The molecule has 1 amide bonds. The summed E-state index contributed by atoms with van der Waals surface area (Å²) in [6.45, 7) is 5.45. The molecule has 0 spiro atoms. The molecule has 112 valence electrons. The van der Waals surface area contributed by atoms with Crippen LogP contribution in [0.3, 0.4) is 0 Å². The zero-order valence-corrected chi connectivity index (χ0v) is 12.3. The first kappa shape index (κ1) is 16.5. The van der Waals surface area contributed by atoms with Gasteiger partial charge in [-0.1, -0.05) is 12.1 Å². The minimum absolute atomic E-state index is 0.0303. The summed E-state index contributed by atoms with van der Waals surface area (Å²) in [5.41, 5.74) is 0.985. The molecule has 0 heterocycles. The summed E-state index contributed by atoms with van der Waals surface area (Å²) in [5, 5.41) is 6.05. The summed E-state index contributed by atoms with van der Waals surface area (Å²) in [4.78, 5) is 11.7. The molecule has 0 saturated heterocycles. The number of hydrogen-bond acceptors (Lipinski definition) is 4. The number of ether oxygens (including phenoxy) is 2. The van der Waals surface area contributed by atoms with E-state index in [0.717, 1.165) is 24.4 Å². The molecule has 0 bridgehead atoms. The van der Waals surface area contributed by atoms with Crippen molar-refractivity contribution in [3.05, 3.63) is 29.8 Å². The third kappa shape index (κ3) is 7.11. The normalized spacial score (nSPS) is 10.3. The van der Waals surface area contributed by atoms with Crippen LogP contribution in [0, 0.1) is 0 Å². The molecule has 0 aliphatic heterocycles. The summed E-state index contributed by atoms with van der Waals surface area (Å²) in [5.74, 6) is 0.863. The summed E-state index contributed by atoms with van der Waals surface area (Å²) in [6, 6.07) is 7.61. The number of methoxy groups -OCH3 is 1. The van der Waals surface area contributed by atoms with Crippen molar-refractivity contribution < 1.29 is 14.3 Å². The van der Waals surface area contributed by atoms with E-state index in [1.165, 1.54) is 0 Å². The Balaban J connectivity index is 2.18. The smallest absolute Gasteiger partial charge is 0.224 e. The van der Waals surface area contributed by atoms with Gasteiger partial charge in [-0.05, 0) is 24.6 Å². The Hall–Kier alpha value is -1.59. The average Bonchev–Trinajstić information content (AvgIpc) is 2.45. The minimum Gasteiger partial charge on any atom is -0.494 e. The Morgan fingerprint density at radius 1 is 1.15 bits per heavy atom. The van der Waals surface area contributed by atoms with E-state index in [-0.39, 0.29) is 5.91 Å². The van der Waals surface area contributed by atoms with Gasteiger partial charge in [0.25, 0.3) is 0 Å². The first-order valence-electron chi connectivity index (χ1n) is 6.94. The van der Waals surface area contributed by atoms with Gasteiger partial charge < -0.3 is 20.1 Å². The van der Waals surface area contributed by atoms with Crippen LogP contribution < -0.4 is 15.4 Å². The maximum Gasteiger partial charge on any atom is 0.224 e. The summed E-state index contributed by atoms with van der Waals surface area (Å²) in [6.07, 6.45) is 0.393. The predicted molar refractivity (Wildman–Crippen MR) is 79.1 cm³/mol. The SMILES string of the molecule is CCOc1ccc(CC(=O)NCCNCCOC)cc1. The van der Waals surface area contributed by atoms with Gasteiger partial charge in [0.1, 0.15) is 5.75 Å². The second kappa shape index (κ2) is 10.2. The molecule has 0 unspecified atom stereocenters. The quantitative estimate of drug-likeness (QED) is 0.627. The zero-order chi connectivity index (χ0) is 14.6. The van der Waals surface area contributed by atoms with E-state index in [4.69, 9.17) is 9.47 Å². The molecule has 0 atom stereocenters. The van der Waals surface area contributed by atoms with E-state index in [1.807, 2.05) is 31.2 Å². The lowest BCUT2D eigenvalue weighted by atomic mass is 10.1. The highest BCUT2D eigenvalue weighted by molar-refractivity contribution is 5.78. The van der Waals surface area contributed by atoms with Crippen LogP contribution >= 0.6 is 0 Å². The molecule has 0 aliphatic rings. The number of hydrogen-bond donors (Lipinski definition) is 2. The molecule has 5 nitrogen and oxygen atoms in total. The van der Waals surface area contributed by atoms with E-state index in [0.29, 0.717) is 26.2 Å². The third-order valence-corrected chi connectivity index (χ3v) is 2.71. The predicted octanol–water partition coefficient (Wildman–Crippen LogP) is 0.980. The van der Waals surface area contributed by atoms with Crippen molar-refractivity contribution >= 4 is 5.91 Å². The van der Waals surface area contributed by atoms with Gasteiger partial charge in [-0.25, -0.2) is 0 Å². The molecule has 1 rings (SSSR count). The van der Waals surface area contributed by atoms with E-state index in [9.17, 15) is 4.79 Å². The molecule has 0 fully saturated rings. The van der Waals surface area contributed by atoms with Gasteiger partial charge in [0.15, 0.2) is 0 Å². The van der Waals surface area contributed by atoms with Gasteiger partial charge in [0, 0.05) is 26.7 Å². The standard InChI is InChI=1S/C15H24N2O3/c1-3-20-14-6-4-13(5-7-14)12-15(18)17-9-8-16-10-11-19-2/h4-7,16H,3,8-12H2,1-2H3,(H,17,18). The maximum absolute atomic E-state index is 11.7. The third-order valence-electron chi connectivity index (χ3n) is 2.71. The first-order chi connectivity index (χ1) is 9.76. The van der Waals surface area contributed by atoms with Crippen LogP contribution in [0.5, 0.6) is 5.75 Å². The lowest BCUT2D eigenvalue weighted by Crippen LogP contribution is -2.33. The maximum atomic E-state index is 11.7. The number of nitrogens with one attached hydrogen (secondary N) is 2. The highest BCUT2D eigenvalue weighted by atomic mass is 16.5. The number of rotatable bonds is 10. The van der Waals surface area contributed by atoms with Crippen LogP contribution in [0.25, 0.3) is 0 Å². The molecule has 0 aromatic heterocycles. The molecule has 20 heavy (non-hydrogen) atoms. The van der Waals surface area contributed by atoms with Crippen molar-refractivity contribution in [1.82, 2.24) is 10.6 Å². The van der Waals surface area contributed by atoms with E-state index < -0.39 is 0 Å². The van der Waals surface area contributed by atoms with Crippen molar-refractivity contribution in [2.75, 3.05) is 40.0 Å². The molecular formula is C15H24N2O3. The van der Waals surface area contributed by atoms with E-state index >= 15 is 0 Å². The van der Waals surface area contributed by atoms with Crippen molar-refractivity contribution in [3.63, 3.8) is 0 Å². The zero-order valence-electron chi connectivity index (χ0n) is 12.3. The monoisotopic (exact) mass is 280 g/mol. The highest BCUT2D eigenvalue weighted by Gasteiger charge is 2.03. The molecule has 1 aromatic rings. The Labute approximate surface area is 120 Å². The van der Waals surface area contributed by atoms with Gasteiger partial charge in [0.2, 0.25) is 5.91 Å². The number of carbonyl (C=O) groups excluding carboxylic acids is 1. The number of benzene rings is 1. The molecule has 0 aliphatic carbocycles. The number of carbonyl (C=O) groups is 1. The van der Waals surface area contributed by atoms with Crippen LogP contribution in [0.2, 0.25) is 0 Å². The average molecular weight is 280 g/mol. The van der Waals surface area contributed by atoms with E-state index in [2.05, 4.69) is 10.6 Å². The highest BCUT2D eigenvalue weighted by Crippen LogP contribution is 2.12. The Morgan fingerprint density at radius 2 is 1.90 bits per heavy atom. The Morgan fingerprint density at radius 3 is 2.55 bits per heavy atom. The molecule has 1 aromatic carbocycles. The molecule has 5 heteroatoms. The topological polar surface area (TPSA) is 59.6 Å². The van der Waals surface area contributed by atoms with Crippen LogP contribution in [0.15, 0.2) is 24.3 Å². The Kier molecular flexibility index (Phi) is 8.42. The first-order valence-corrected chi connectivity index (χ1v) is 6.94. The van der Waals surface area contributed by atoms with Crippen molar-refractivity contribution in [2.24, 2.45) is 0 Å². The molecule has 0 saturated carbocycles. The van der Waals surface area contributed by atoms with Gasteiger partial charge in [0.05, 0.1) is 19.6 Å². The van der Waals surface area contributed by atoms with Gasteiger partial charge in [-0.15, -0.1) is 0 Å². The summed E-state index contributed by atoms with van der Waals surface area (Å²) >= 11 is 0. The molecule has 2 N–H and O–H groups in total. The summed E-state index contributed by atoms with van der Waals surface area (Å²) < 4.78 is 10.3. The lowest BCUT2D eigenvalue weighted by Gasteiger charge is -2.07. The summed E-state index contributed by atoms with van der Waals surface area (Å²) in [7, 11) is 1.67. The second-order valence-electron chi connectivity index (χ2n) is 4.35. The lowest BCUT2D eigenvalue weighted by molar-refractivity contribution is -0.120. The van der Waals surface area contributed by atoms with Crippen LogP contribution in [0.4, 0.5) is 0 Å². The largest absolute Gasteiger partial charge is 0.494 e. The van der Waals surface area contributed by atoms with E-state index in [1.54, 1.807) is 7.11 Å². The van der Waals surface area contributed by atoms with Crippen LogP contribution in [-0.4, -0.2) is 45.9 Å². The van der Waals surface area contributed by atoms with Gasteiger partial charge in [-0.2, -0.15) is 0 Å². The van der Waals surface area contributed by atoms with Crippen molar-refractivity contribution in [1.29, 1.82) is 0 Å².